The molecule has 0 spiro atoms. The van der Waals surface area contributed by atoms with Crippen LogP contribution in [-0.2, 0) is 58.0 Å². The Balaban J connectivity index is 0.00000205. The molecule has 0 amide bonds. The highest BCUT2D eigenvalue weighted by atomic mass is 31.3. The van der Waals surface area contributed by atoms with Gasteiger partial charge in [0.15, 0.2) is 0 Å². The number of hydrogen-bond acceptors (Lipinski definition) is 8. The van der Waals surface area contributed by atoms with E-state index in [0.29, 0.717) is 0 Å². The van der Waals surface area contributed by atoms with Gasteiger partial charge in [-0.05, 0) is 22.3 Å². The second-order valence-corrected chi connectivity index (χ2v) is 11.5. The standard InChI is InChI=1S/C28H28O7P2.CHN/c29-36(31-21-25-13-5-1-6-14-25,32-22-26-15-7-2-8-16-26)35-37(30,33-23-27-17-9-3-10-18-27)34-24-28-19-11-4-12-20-28;1-2/h1-20H,21-24H2;1H. The first-order valence-corrected chi connectivity index (χ1v) is 14.9. The summed E-state index contributed by atoms with van der Waals surface area (Å²) in [4.78, 5) is 0. The first-order chi connectivity index (χ1) is 19.0. The van der Waals surface area contributed by atoms with Gasteiger partial charge in [0.2, 0.25) is 0 Å². The number of benzene rings is 4. The minimum Gasteiger partial charge on any atom is -0.282 e. The number of nitrogens with zero attached hydrogens (tertiary/aromatic N) is 1. The lowest BCUT2D eigenvalue weighted by Crippen LogP contribution is -2.05. The summed E-state index contributed by atoms with van der Waals surface area (Å²) in [5.41, 5.74) is 2.94. The summed E-state index contributed by atoms with van der Waals surface area (Å²) in [6, 6.07) is 36.5. The smallest absolute Gasteiger partial charge is 0.282 e. The third-order valence-corrected chi connectivity index (χ3v) is 8.51. The molecule has 39 heavy (non-hydrogen) atoms. The first kappa shape index (κ1) is 30.2. The number of nitriles is 1. The van der Waals surface area contributed by atoms with Gasteiger partial charge in [0.1, 0.15) is 0 Å². The van der Waals surface area contributed by atoms with E-state index in [1.165, 1.54) is 0 Å². The average Bonchev–Trinajstić information content (AvgIpc) is 3.00. The van der Waals surface area contributed by atoms with Gasteiger partial charge in [-0.1, -0.05) is 121 Å². The fourth-order valence-electron chi connectivity index (χ4n) is 3.20. The second kappa shape index (κ2) is 15.9. The van der Waals surface area contributed by atoms with E-state index in [1.54, 1.807) is 48.5 Å². The van der Waals surface area contributed by atoms with Crippen LogP contribution in [0.2, 0.25) is 0 Å². The highest BCUT2D eigenvalue weighted by Crippen LogP contribution is 2.67. The fourth-order valence-corrected chi connectivity index (χ4v) is 6.31. The summed E-state index contributed by atoms with van der Waals surface area (Å²) in [5.74, 6) is 0. The van der Waals surface area contributed by atoms with Crippen molar-refractivity contribution in [1.82, 2.24) is 0 Å². The van der Waals surface area contributed by atoms with Crippen LogP contribution in [0.5, 0.6) is 0 Å². The third kappa shape index (κ3) is 10.7. The molecule has 0 aliphatic carbocycles. The molecule has 0 saturated heterocycles. The maximum absolute atomic E-state index is 13.8. The Morgan fingerprint density at radius 2 is 0.641 bits per heavy atom. The summed E-state index contributed by atoms with van der Waals surface area (Å²) in [6.45, 7) is 3.13. The lowest BCUT2D eigenvalue weighted by atomic mass is 10.2. The van der Waals surface area contributed by atoms with E-state index < -0.39 is 15.6 Å². The number of rotatable bonds is 14. The SMILES string of the molecule is C#N.O=P(OCc1ccccc1)(OCc1ccccc1)OP(=O)(OCc1ccccc1)OCc1ccccc1. The van der Waals surface area contributed by atoms with Gasteiger partial charge in [-0.25, -0.2) is 14.4 Å². The molecule has 0 saturated carbocycles. The Morgan fingerprint density at radius 3 is 0.846 bits per heavy atom. The molecule has 0 N–H and O–H groups in total. The summed E-state index contributed by atoms with van der Waals surface area (Å²) in [5, 5.41) is 6.50. The van der Waals surface area contributed by atoms with Crippen molar-refractivity contribution in [2.24, 2.45) is 0 Å². The highest BCUT2D eigenvalue weighted by Gasteiger charge is 2.41. The number of hydrogen-bond donors (Lipinski definition) is 0. The fraction of sp³-hybridized carbons (Fsp3) is 0.138. The van der Waals surface area contributed by atoms with Crippen LogP contribution in [0, 0.1) is 11.8 Å². The first-order valence-electron chi connectivity index (χ1n) is 11.9. The zero-order chi connectivity index (χ0) is 27.8. The molecule has 0 fully saturated rings. The van der Waals surface area contributed by atoms with E-state index in [2.05, 4.69) is 6.57 Å². The molecular weight excluding hydrogens is 536 g/mol. The predicted molar refractivity (Wildman–Crippen MR) is 148 cm³/mol. The molecule has 0 aromatic heterocycles. The Hall–Kier alpha value is -3.37. The number of phosphoric ester groups is 2. The van der Waals surface area contributed by atoms with Crippen molar-refractivity contribution in [2.75, 3.05) is 0 Å². The lowest BCUT2D eigenvalue weighted by molar-refractivity contribution is 0.0967. The molecule has 10 heteroatoms. The van der Waals surface area contributed by atoms with E-state index in [-0.39, 0.29) is 26.4 Å². The van der Waals surface area contributed by atoms with Crippen molar-refractivity contribution < 1.29 is 31.5 Å². The Morgan fingerprint density at radius 1 is 0.436 bits per heavy atom. The molecule has 0 unspecified atom stereocenters. The molecule has 0 aliphatic heterocycles. The van der Waals surface area contributed by atoms with Gasteiger partial charge in [-0.2, -0.15) is 4.31 Å². The van der Waals surface area contributed by atoms with E-state index in [0.717, 1.165) is 22.3 Å². The Bertz CT molecular complexity index is 1160. The van der Waals surface area contributed by atoms with Crippen molar-refractivity contribution in [2.45, 2.75) is 26.4 Å². The van der Waals surface area contributed by atoms with Gasteiger partial charge in [0.05, 0.1) is 26.4 Å². The Kier molecular flexibility index (Phi) is 12.3. The maximum Gasteiger partial charge on any atom is 0.484 e. The lowest BCUT2D eigenvalue weighted by Gasteiger charge is -2.23. The van der Waals surface area contributed by atoms with Crippen LogP contribution >= 0.6 is 15.6 Å². The Labute approximate surface area is 228 Å². The molecule has 0 heterocycles. The van der Waals surface area contributed by atoms with Gasteiger partial charge < -0.3 is 0 Å². The molecule has 4 aromatic carbocycles. The van der Waals surface area contributed by atoms with Crippen molar-refractivity contribution in [1.29, 1.82) is 5.26 Å². The predicted octanol–water partition coefficient (Wildman–Crippen LogP) is 8.23. The molecule has 4 aromatic rings. The van der Waals surface area contributed by atoms with Crippen LogP contribution in [0.3, 0.4) is 0 Å². The molecule has 0 bridgehead atoms. The van der Waals surface area contributed by atoms with Crippen LogP contribution in [0.4, 0.5) is 0 Å². The third-order valence-electron chi connectivity index (χ3n) is 5.13. The maximum atomic E-state index is 13.8. The normalized spacial score (nSPS) is 11.3. The second-order valence-electron chi connectivity index (χ2n) is 8.01. The molecule has 0 aliphatic rings. The van der Waals surface area contributed by atoms with Crippen molar-refractivity contribution in [3.63, 3.8) is 0 Å². The van der Waals surface area contributed by atoms with Gasteiger partial charge in [0.25, 0.3) is 0 Å². The molecule has 0 atom stereocenters. The van der Waals surface area contributed by atoms with E-state index in [4.69, 9.17) is 27.7 Å². The largest absolute Gasteiger partial charge is 0.484 e. The minimum atomic E-state index is -4.43. The quantitative estimate of drug-likeness (QED) is 0.141. The van der Waals surface area contributed by atoms with Crippen LogP contribution in [0.15, 0.2) is 121 Å². The minimum absolute atomic E-state index is 0.0930. The van der Waals surface area contributed by atoms with Gasteiger partial charge in [-0.3, -0.25) is 18.1 Å². The summed E-state index contributed by atoms with van der Waals surface area (Å²) < 4.78 is 55.6. The van der Waals surface area contributed by atoms with Crippen LogP contribution < -0.4 is 0 Å². The van der Waals surface area contributed by atoms with Crippen LogP contribution in [0.25, 0.3) is 0 Å². The average molecular weight is 565 g/mol. The number of phosphoric acid groups is 2. The summed E-state index contributed by atoms with van der Waals surface area (Å²) in [6.07, 6.45) is 0. The van der Waals surface area contributed by atoms with Gasteiger partial charge in [-0.15, -0.1) is 0 Å². The van der Waals surface area contributed by atoms with Gasteiger partial charge in [0, 0.05) is 6.57 Å². The zero-order valence-corrected chi connectivity index (χ0v) is 22.9. The summed E-state index contributed by atoms with van der Waals surface area (Å²) in [7, 11) is -8.85. The van der Waals surface area contributed by atoms with Crippen LogP contribution in [-0.4, -0.2) is 0 Å². The van der Waals surface area contributed by atoms with E-state index >= 15 is 0 Å². The molecule has 4 rings (SSSR count). The van der Waals surface area contributed by atoms with Crippen molar-refractivity contribution in [3.05, 3.63) is 144 Å². The zero-order valence-electron chi connectivity index (χ0n) is 21.2. The topological polar surface area (TPSA) is 104 Å². The molecule has 0 radical (unpaired) electrons. The van der Waals surface area contributed by atoms with Crippen molar-refractivity contribution in [3.8, 4) is 6.57 Å². The monoisotopic (exact) mass is 565 g/mol. The van der Waals surface area contributed by atoms with Gasteiger partial charge >= 0.3 is 15.6 Å². The highest BCUT2D eigenvalue weighted by molar-refractivity contribution is 7.62. The van der Waals surface area contributed by atoms with E-state index in [1.807, 2.05) is 72.8 Å². The molecule has 202 valence electrons. The van der Waals surface area contributed by atoms with Crippen molar-refractivity contribution >= 4 is 15.6 Å². The molecular formula is C29H29NO7P2. The van der Waals surface area contributed by atoms with E-state index in [9.17, 15) is 9.13 Å². The summed E-state index contributed by atoms with van der Waals surface area (Å²) >= 11 is 0. The molecule has 8 nitrogen and oxygen atoms in total. The van der Waals surface area contributed by atoms with Crippen LogP contribution in [0.1, 0.15) is 22.3 Å².